The largest absolute Gasteiger partial charge is 0.477 e. The first-order valence-electron chi connectivity index (χ1n) is 8.62. The van der Waals surface area contributed by atoms with Crippen LogP contribution in [0.1, 0.15) is 11.4 Å². The summed E-state index contributed by atoms with van der Waals surface area (Å²) in [5.74, 6) is -2.52. The number of sulfone groups is 1. The highest BCUT2D eigenvalue weighted by atomic mass is 32.2. The molecule has 0 bridgehead atoms. The van der Waals surface area contributed by atoms with Crippen LogP contribution in [0.4, 0.5) is 0 Å². The fourth-order valence-corrected chi connectivity index (χ4v) is 5.20. The molecule has 0 unspecified atom stereocenters. The normalized spacial score (nSPS) is 21.9. The van der Waals surface area contributed by atoms with Crippen LogP contribution in [0.25, 0.3) is 12.2 Å². The number of hydrogen-bond donors (Lipinski definition) is 1. The average Bonchev–Trinajstić information content (AvgIpc) is 2.71. The van der Waals surface area contributed by atoms with E-state index < -0.39 is 32.8 Å². The third-order valence-corrected chi connectivity index (χ3v) is 6.40. The van der Waals surface area contributed by atoms with Crippen LogP contribution in [0.5, 0.6) is 0 Å². The average molecular weight is 409 g/mol. The summed E-state index contributed by atoms with van der Waals surface area (Å²) in [6.45, 7) is 0. The van der Waals surface area contributed by atoms with Crippen molar-refractivity contribution in [1.82, 2.24) is 14.9 Å². The van der Waals surface area contributed by atoms with Gasteiger partial charge in [-0.25, -0.2) is 13.2 Å². The second kappa shape index (κ2) is 7.10. The number of rotatable bonds is 4. The van der Waals surface area contributed by atoms with Crippen LogP contribution in [-0.4, -0.2) is 51.4 Å². The van der Waals surface area contributed by atoms with Gasteiger partial charge in [0.15, 0.2) is 15.2 Å². The van der Waals surface area contributed by atoms with Gasteiger partial charge in [0.05, 0.1) is 22.7 Å². The maximum atomic E-state index is 12.8. The minimum Gasteiger partial charge on any atom is -0.477 e. The van der Waals surface area contributed by atoms with Crippen LogP contribution in [0, 0.1) is 0 Å². The number of carboxylic acid groups (broad SMARTS) is 1. The molecule has 1 amide bonds. The van der Waals surface area contributed by atoms with Crippen molar-refractivity contribution < 1.29 is 23.1 Å². The minimum atomic E-state index is -3.83. The summed E-state index contributed by atoms with van der Waals surface area (Å²) in [6.07, 6.45) is 7.37. The number of carbonyl (C=O) groups is 2. The number of fused-ring (bicyclic) bond motifs is 1. The highest BCUT2D eigenvalue weighted by molar-refractivity contribution is 7.92. The van der Waals surface area contributed by atoms with Crippen LogP contribution < -0.4 is 0 Å². The summed E-state index contributed by atoms with van der Waals surface area (Å²) in [5, 5.41) is 8.34. The Labute approximate surface area is 166 Å². The number of pyridine rings is 2. The van der Waals surface area contributed by atoms with Gasteiger partial charge in [0.2, 0.25) is 0 Å². The number of aromatic nitrogens is 2. The van der Waals surface area contributed by atoms with Crippen molar-refractivity contribution in [3.8, 4) is 0 Å². The quantitative estimate of drug-likeness (QED) is 0.601. The first-order chi connectivity index (χ1) is 13.9. The molecule has 1 N–H and O–H groups in total. The van der Waals surface area contributed by atoms with Gasteiger partial charge in [0, 0.05) is 12.4 Å². The Hall–Kier alpha value is -3.59. The van der Waals surface area contributed by atoms with Gasteiger partial charge in [-0.3, -0.25) is 19.7 Å². The lowest BCUT2D eigenvalue weighted by Gasteiger charge is -2.45. The fraction of sp³-hybridized carbons (Fsp3) is 0.100. The van der Waals surface area contributed by atoms with Crippen molar-refractivity contribution in [3.05, 3.63) is 83.1 Å². The Morgan fingerprint density at radius 1 is 1.07 bits per heavy atom. The molecule has 0 aromatic carbocycles. The Morgan fingerprint density at radius 2 is 1.72 bits per heavy atom. The van der Waals surface area contributed by atoms with E-state index in [0.717, 1.165) is 4.90 Å². The zero-order valence-corrected chi connectivity index (χ0v) is 15.8. The van der Waals surface area contributed by atoms with Crippen LogP contribution in [0.15, 0.2) is 71.7 Å². The molecule has 1 saturated heterocycles. The lowest BCUT2D eigenvalue weighted by atomic mass is 10.0. The first kappa shape index (κ1) is 18.8. The van der Waals surface area contributed by atoms with Gasteiger partial charge in [0.25, 0.3) is 5.91 Å². The number of nitrogens with zero attached hydrogens (tertiary/aromatic N) is 3. The zero-order chi connectivity index (χ0) is 20.6. The molecule has 9 heteroatoms. The van der Waals surface area contributed by atoms with Crippen molar-refractivity contribution in [2.24, 2.45) is 0 Å². The van der Waals surface area contributed by atoms with Gasteiger partial charge >= 0.3 is 5.97 Å². The summed E-state index contributed by atoms with van der Waals surface area (Å²) in [4.78, 5) is 33.5. The Bertz CT molecular complexity index is 1190. The smallest absolute Gasteiger partial charge is 0.352 e. The molecule has 29 heavy (non-hydrogen) atoms. The van der Waals surface area contributed by atoms with Gasteiger partial charge in [-0.05, 0) is 42.0 Å². The number of allylic oxidation sites excluding steroid dienone is 1. The summed E-state index contributed by atoms with van der Waals surface area (Å²) >= 11 is 0. The Morgan fingerprint density at radius 3 is 2.31 bits per heavy atom. The predicted octanol–water partition coefficient (Wildman–Crippen LogP) is 1.51. The van der Waals surface area contributed by atoms with Crippen LogP contribution in [0.2, 0.25) is 0 Å². The molecule has 2 aliphatic rings. The third kappa shape index (κ3) is 3.36. The zero-order valence-electron chi connectivity index (χ0n) is 15.0. The SMILES string of the molecule is O=C(O)C1=C(/C=C/c2ccccn2)CS(=O)(=O)[C@@H]2/C(=C\c3ccccn3)C(=O)N12. The molecule has 1 atom stereocenters. The molecule has 146 valence electrons. The molecule has 0 radical (unpaired) electrons. The van der Waals surface area contributed by atoms with E-state index in [1.165, 1.54) is 24.4 Å². The lowest BCUT2D eigenvalue weighted by Crippen LogP contribution is -2.62. The van der Waals surface area contributed by atoms with E-state index in [1.54, 1.807) is 42.6 Å². The summed E-state index contributed by atoms with van der Waals surface area (Å²) in [6, 6.07) is 10.2. The summed E-state index contributed by atoms with van der Waals surface area (Å²) < 4.78 is 25.7. The molecule has 2 aromatic heterocycles. The molecule has 0 aliphatic carbocycles. The third-order valence-electron chi connectivity index (χ3n) is 4.55. The van der Waals surface area contributed by atoms with Gasteiger partial charge in [-0.1, -0.05) is 18.2 Å². The van der Waals surface area contributed by atoms with Crippen LogP contribution in [-0.2, 0) is 19.4 Å². The van der Waals surface area contributed by atoms with E-state index in [-0.39, 0.29) is 16.8 Å². The number of aliphatic carboxylic acids is 1. The molecular formula is C20H15N3O5S. The maximum absolute atomic E-state index is 12.8. The second-order valence-electron chi connectivity index (χ2n) is 6.46. The first-order valence-corrected chi connectivity index (χ1v) is 10.3. The highest BCUT2D eigenvalue weighted by Gasteiger charge is 2.56. The molecule has 4 heterocycles. The highest BCUT2D eigenvalue weighted by Crippen LogP contribution is 2.41. The lowest BCUT2D eigenvalue weighted by molar-refractivity contribution is -0.141. The molecule has 0 spiro atoms. The predicted molar refractivity (Wildman–Crippen MR) is 105 cm³/mol. The van der Waals surface area contributed by atoms with Gasteiger partial charge in [-0.2, -0.15) is 0 Å². The second-order valence-corrected chi connectivity index (χ2v) is 8.52. The molecular weight excluding hydrogens is 394 g/mol. The number of carbonyl (C=O) groups excluding carboxylic acids is 1. The number of amides is 1. The number of β-lactam (4-membered cyclic amide) rings is 1. The number of carboxylic acids is 1. The monoisotopic (exact) mass is 409 g/mol. The topological polar surface area (TPSA) is 118 Å². The molecule has 1 fully saturated rings. The van der Waals surface area contributed by atoms with E-state index in [9.17, 15) is 23.1 Å². The summed E-state index contributed by atoms with van der Waals surface area (Å²) in [5.41, 5.74) is 0.669. The van der Waals surface area contributed by atoms with E-state index >= 15 is 0 Å². The van der Waals surface area contributed by atoms with Crippen molar-refractivity contribution in [3.63, 3.8) is 0 Å². The van der Waals surface area contributed by atoms with E-state index in [2.05, 4.69) is 9.97 Å². The van der Waals surface area contributed by atoms with Crippen molar-refractivity contribution in [2.75, 3.05) is 5.75 Å². The molecule has 2 aromatic rings. The molecule has 2 aliphatic heterocycles. The van der Waals surface area contributed by atoms with E-state index in [4.69, 9.17) is 0 Å². The molecule has 4 rings (SSSR count). The maximum Gasteiger partial charge on any atom is 0.352 e. The van der Waals surface area contributed by atoms with Crippen molar-refractivity contribution in [1.29, 1.82) is 0 Å². The summed E-state index contributed by atoms with van der Waals surface area (Å²) in [7, 11) is -3.83. The Balaban J connectivity index is 1.77. The van der Waals surface area contributed by atoms with Crippen molar-refractivity contribution >= 4 is 33.9 Å². The van der Waals surface area contributed by atoms with Gasteiger partial charge < -0.3 is 5.11 Å². The van der Waals surface area contributed by atoms with E-state index in [0.29, 0.717) is 11.4 Å². The van der Waals surface area contributed by atoms with Crippen LogP contribution >= 0.6 is 0 Å². The minimum absolute atomic E-state index is 0.00945. The van der Waals surface area contributed by atoms with E-state index in [1.807, 2.05) is 0 Å². The van der Waals surface area contributed by atoms with Gasteiger partial charge in [-0.15, -0.1) is 0 Å². The molecule has 0 saturated carbocycles. The van der Waals surface area contributed by atoms with Gasteiger partial charge in [0.1, 0.15) is 5.70 Å². The fourth-order valence-electron chi connectivity index (χ4n) is 3.30. The Kier molecular flexibility index (Phi) is 4.59. The van der Waals surface area contributed by atoms with Crippen LogP contribution in [0.3, 0.4) is 0 Å². The van der Waals surface area contributed by atoms with Crippen molar-refractivity contribution in [2.45, 2.75) is 5.37 Å². The molecule has 8 nitrogen and oxygen atoms in total. The number of hydrogen-bond acceptors (Lipinski definition) is 6. The standard InChI is InChI=1S/C20H15N3O5S/c24-18-16(11-15-6-2-4-10-22-15)19-23(18)17(20(25)26)13(12-29(19,27)28)7-8-14-5-1-3-9-21-14/h1-11,19H,12H2,(H,25,26)/b8-7+,16-11-/t19-/m1/s1.